The molecule has 2 atom stereocenters. The van der Waals surface area contributed by atoms with E-state index in [1.165, 1.54) is 19.1 Å². The van der Waals surface area contributed by atoms with Crippen molar-refractivity contribution in [3.8, 4) is 10.6 Å². The van der Waals surface area contributed by atoms with Crippen molar-refractivity contribution >= 4 is 17.2 Å². The molecule has 0 aliphatic heterocycles. The van der Waals surface area contributed by atoms with Gasteiger partial charge in [0.1, 0.15) is 16.6 Å². The van der Waals surface area contributed by atoms with Crippen LogP contribution in [0.5, 0.6) is 0 Å². The lowest BCUT2D eigenvalue weighted by atomic mass is 9.76. The van der Waals surface area contributed by atoms with Crippen LogP contribution < -0.4 is 10.6 Å². The fourth-order valence-corrected chi connectivity index (χ4v) is 5.64. The third-order valence-electron chi connectivity index (χ3n) is 6.68. The van der Waals surface area contributed by atoms with E-state index in [2.05, 4.69) is 33.8 Å². The second kappa shape index (κ2) is 11.4. The highest BCUT2D eigenvalue weighted by Gasteiger charge is 2.35. The van der Waals surface area contributed by atoms with Gasteiger partial charge in [0.2, 0.25) is 5.91 Å². The highest BCUT2D eigenvalue weighted by molar-refractivity contribution is 7.13. The van der Waals surface area contributed by atoms with Gasteiger partial charge >= 0.3 is 0 Å². The summed E-state index contributed by atoms with van der Waals surface area (Å²) in [6.07, 6.45) is 6.13. The van der Waals surface area contributed by atoms with Crippen molar-refractivity contribution in [2.45, 2.75) is 63.1 Å². The predicted octanol–water partition coefficient (Wildman–Crippen LogP) is 4.95. The van der Waals surface area contributed by atoms with E-state index in [-0.39, 0.29) is 24.4 Å². The maximum atomic E-state index is 13.7. The van der Waals surface area contributed by atoms with E-state index in [0.29, 0.717) is 5.56 Å². The molecule has 3 N–H and O–H groups in total. The molecule has 2 aromatic carbocycles. The largest absolute Gasteiger partial charge is 0.390 e. The lowest BCUT2D eigenvalue weighted by molar-refractivity contribution is -0.120. The summed E-state index contributed by atoms with van der Waals surface area (Å²) in [5.74, 6) is -1.68. The Bertz CT molecular complexity index is 1110. The molecule has 1 heterocycles. The molecule has 0 radical (unpaired) electrons. The first-order chi connectivity index (χ1) is 16.8. The normalized spacial score (nSPS) is 17.0. The third kappa shape index (κ3) is 6.51. The van der Waals surface area contributed by atoms with E-state index in [1.54, 1.807) is 17.5 Å². The summed E-state index contributed by atoms with van der Waals surface area (Å²) in [6, 6.07) is 10.9. The Hall–Kier alpha value is -2.68. The SMILES string of the molecule is CC(=O)N[C@@H](Cc1cc(F)cc(F)c1)[C@H](O)CNC1(c2cccc(-c3nccs3)c2)CCCCC1. The number of hydrogen-bond acceptors (Lipinski definition) is 5. The van der Waals surface area contributed by atoms with E-state index in [4.69, 9.17) is 0 Å². The Balaban J connectivity index is 1.53. The van der Waals surface area contributed by atoms with Crippen LogP contribution in [-0.4, -0.2) is 34.7 Å². The number of rotatable bonds is 9. The van der Waals surface area contributed by atoms with Gasteiger partial charge < -0.3 is 15.7 Å². The summed E-state index contributed by atoms with van der Waals surface area (Å²) in [6.45, 7) is 1.59. The van der Waals surface area contributed by atoms with Crippen molar-refractivity contribution in [2.75, 3.05) is 6.54 Å². The Kier molecular flexibility index (Phi) is 8.26. The van der Waals surface area contributed by atoms with Gasteiger partial charge in [0, 0.05) is 42.2 Å². The zero-order valence-corrected chi connectivity index (χ0v) is 20.6. The number of aliphatic hydroxyl groups is 1. The number of benzene rings is 2. The molecule has 0 bridgehead atoms. The van der Waals surface area contributed by atoms with E-state index in [1.807, 2.05) is 11.4 Å². The van der Waals surface area contributed by atoms with Crippen molar-refractivity contribution in [1.82, 2.24) is 15.6 Å². The quantitative estimate of drug-likeness (QED) is 0.390. The van der Waals surface area contributed by atoms with Crippen molar-refractivity contribution in [3.63, 3.8) is 0 Å². The molecule has 1 aliphatic rings. The molecule has 0 spiro atoms. The standard InChI is InChI=1S/C27H31F2N3O2S/c1-18(33)32-24(14-19-12-22(28)16-23(29)13-19)25(34)17-31-27(8-3-2-4-9-27)21-7-5-6-20(15-21)26-30-10-11-35-26/h5-7,10-13,15-16,24-25,31,34H,2-4,8-9,14,17H2,1H3,(H,32,33)/t24-,25+/m0/s1. The van der Waals surface area contributed by atoms with Gasteiger partial charge in [0.25, 0.3) is 0 Å². The third-order valence-corrected chi connectivity index (χ3v) is 7.50. The summed E-state index contributed by atoms with van der Waals surface area (Å²) in [7, 11) is 0. The predicted molar refractivity (Wildman–Crippen MR) is 134 cm³/mol. The fourth-order valence-electron chi connectivity index (χ4n) is 5.01. The Morgan fingerprint density at radius 1 is 1.14 bits per heavy atom. The van der Waals surface area contributed by atoms with Crippen LogP contribution in [-0.2, 0) is 16.8 Å². The lowest BCUT2D eigenvalue weighted by Crippen LogP contribution is -2.53. The number of nitrogens with one attached hydrogen (secondary N) is 2. The average Bonchev–Trinajstić information content (AvgIpc) is 3.37. The second-order valence-corrected chi connectivity index (χ2v) is 10.2. The minimum Gasteiger partial charge on any atom is -0.390 e. The number of carbonyl (C=O) groups excluding carboxylic acids is 1. The molecule has 1 aliphatic carbocycles. The van der Waals surface area contributed by atoms with Crippen LogP contribution in [0.25, 0.3) is 10.6 Å². The number of amides is 1. The van der Waals surface area contributed by atoms with Gasteiger partial charge in [0.15, 0.2) is 0 Å². The number of aromatic nitrogens is 1. The number of carbonyl (C=O) groups is 1. The van der Waals surface area contributed by atoms with Crippen LogP contribution in [0, 0.1) is 11.6 Å². The van der Waals surface area contributed by atoms with Crippen LogP contribution >= 0.6 is 11.3 Å². The van der Waals surface area contributed by atoms with Gasteiger partial charge in [-0.05, 0) is 48.6 Å². The maximum Gasteiger partial charge on any atom is 0.217 e. The molecule has 4 rings (SSSR count). The van der Waals surface area contributed by atoms with Crippen LogP contribution in [0.1, 0.15) is 50.2 Å². The second-order valence-electron chi connectivity index (χ2n) is 9.30. The van der Waals surface area contributed by atoms with Crippen LogP contribution in [0.2, 0.25) is 0 Å². The number of halogens is 2. The molecule has 8 heteroatoms. The van der Waals surface area contributed by atoms with Crippen LogP contribution in [0.15, 0.2) is 54.0 Å². The molecule has 1 fully saturated rings. The van der Waals surface area contributed by atoms with Gasteiger partial charge in [-0.3, -0.25) is 4.79 Å². The number of thiazole rings is 1. The summed E-state index contributed by atoms with van der Waals surface area (Å²) in [4.78, 5) is 16.3. The first-order valence-electron chi connectivity index (χ1n) is 12.0. The Morgan fingerprint density at radius 2 is 1.89 bits per heavy atom. The highest BCUT2D eigenvalue weighted by atomic mass is 32.1. The zero-order chi connectivity index (χ0) is 24.8. The minimum absolute atomic E-state index is 0.115. The summed E-state index contributed by atoms with van der Waals surface area (Å²) < 4.78 is 27.4. The molecule has 1 amide bonds. The summed E-state index contributed by atoms with van der Waals surface area (Å²) in [5, 5.41) is 20.4. The van der Waals surface area contributed by atoms with Crippen LogP contribution in [0.4, 0.5) is 8.78 Å². The van der Waals surface area contributed by atoms with Gasteiger partial charge in [-0.15, -0.1) is 11.3 Å². The molecule has 0 saturated heterocycles. The molecular weight excluding hydrogens is 468 g/mol. The average molecular weight is 500 g/mol. The minimum atomic E-state index is -0.953. The van der Waals surface area contributed by atoms with Crippen LogP contribution in [0.3, 0.4) is 0 Å². The van der Waals surface area contributed by atoms with E-state index >= 15 is 0 Å². The summed E-state index contributed by atoms with van der Waals surface area (Å²) in [5.41, 5.74) is 2.29. The van der Waals surface area contributed by atoms with E-state index < -0.39 is 23.8 Å². The van der Waals surface area contributed by atoms with E-state index in [0.717, 1.165) is 54.3 Å². The molecule has 0 unspecified atom stereocenters. The Morgan fingerprint density at radius 3 is 2.54 bits per heavy atom. The van der Waals surface area contributed by atoms with Gasteiger partial charge in [-0.1, -0.05) is 37.5 Å². The number of hydrogen-bond donors (Lipinski definition) is 3. The molecule has 35 heavy (non-hydrogen) atoms. The van der Waals surface area contributed by atoms with Crippen molar-refractivity contribution in [1.29, 1.82) is 0 Å². The van der Waals surface area contributed by atoms with Crippen molar-refractivity contribution in [2.24, 2.45) is 0 Å². The lowest BCUT2D eigenvalue weighted by Gasteiger charge is -2.40. The maximum absolute atomic E-state index is 13.7. The smallest absolute Gasteiger partial charge is 0.217 e. The van der Waals surface area contributed by atoms with E-state index in [9.17, 15) is 18.7 Å². The molecule has 3 aromatic rings. The topological polar surface area (TPSA) is 74.2 Å². The molecular formula is C27H31F2N3O2S. The van der Waals surface area contributed by atoms with Crippen molar-refractivity contribution < 1.29 is 18.7 Å². The number of nitrogens with zero attached hydrogens (tertiary/aromatic N) is 1. The Labute approximate surface area is 208 Å². The first-order valence-corrected chi connectivity index (χ1v) is 12.9. The van der Waals surface area contributed by atoms with Crippen molar-refractivity contribution in [3.05, 3.63) is 76.8 Å². The fraction of sp³-hybridized carbons (Fsp3) is 0.407. The molecule has 1 saturated carbocycles. The number of aliphatic hydroxyl groups excluding tert-OH is 1. The molecule has 186 valence electrons. The highest BCUT2D eigenvalue weighted by Crippen LogP contribution is 2.38. The first kappa shape index (κ1) is 25.4. The molecule has 5 nitrogen and oxygen atoms in total. The zero-order valence-electron chi connectivity index (χ0n) is 19.8. The molecule has 1 aromatic heterocycles. The summed E-state index contributed by atoms with van der Waals surface area (Å²) >= 11 is 1.60. The van der Waals surface area contributed by atoms with Gasteiger partial charge in [0.05, 0.1) is 12.1 Å². The van der Waals surface area contributed by atoms with Gasteiger partial charge in [-0.25, -0.2) is 13.8 Å². The monoisotopic (exact) mass is 499 g/mol. The van der Waals surface area contributed by atoms with Gasteiger partial charge in [-0.2, -0.15) is 0 Å².